The summed E-state index contributed by atoms with van der Waals surface area (Å²) in [6, 6.07) is 9.40. The van der Waals surface area contributed by atoms with Crippen molar-refractivity contribution in [2.75, 3.05) is 13.6 Å². The first-order chi connectivity index (χ1) is 6.14. The first kappa shape index (κ1) is 10.2. The van der Waals surface area contributed by atoms with E-state index in [1.165, 1.54) is 0 Å². The molecule has 3 heteroatoms. The van der Waals surface area contributed by atoms with E-state index in [2.05, 4.69) is 5.32 Å². The van der Waals surface area contributed by atoms with E-state index in [1.807, 2.05) is 30.3 Å². The lowest BCUT2D eigenvalue weighted by Crippen LogP contribution is -2.41. The lowest BCUT2D eigenvalue weighted by Gasteiger charge is -2.21. The molecule has 1 rings (SSSR count). The molecule has 0 bridgehead atoms. The maximum atomic E-state index is 9.46. The highest BCUT2D eigenvalue weighted by Gasteiger charge is 2.21. The Morgan fingerprint density at radius 2 is 1.85 bits per heavy atom. The Hall–Kier alpha value is -0.900. The lowest BCUT2D eigenvalue weighted by molar-refractivity contribution is -0.154. The highest BCUT2D eigenvalue weighted by molar-refractivity contribution is 5.16. The second kappa shape index (κ2) is 4.37. The van der Waals surface area contributed by atoms with Gasteiger partial charge in [0.15, 0.2) is 5.79 Å². The average molecular weight is 181 g/mol. The smallest absolute Gasteiger partial charge is 0.179 e. The second-order valence-electron chi connectivity index (χ2n) is 3.18. The van der Waals surface area contributed by atoms with Crippen LogP contribution in [0.25, 0.3) is 0 Å². The van der Waals surface area contributed by atoms with Crippen LogP contribution in [0.15, 0.2) is 30.3 Å². The van der Waals surface area contributed by atoms with Crippen LogP contribution in [0.5, 0.6) is 0 Å². The van der Waals surface area contributed by atoms with Crippen molar-refractivity contribution >= 4 is 0 Å². The summed E-state index contributed by atoms with van der Waals surface area (Å²) in [7, 11) is 1.69. The van der Waals surface area contributed by atoms with Gasteiger partial charge in [-0.15, -0.1) is 0 Å². The molecular weight excluding hydrogens is 166 g/mol. The molecule has 0 radical (unpaired) electrons. The van der Waals surface area contributed by atoms with E-state index in [-0.39, 0.29) is 13.0 Å². The predicted molar refractivity (Wildman–Crippen MR) is 51.2 cm³/mol. The summed E-state index contributed by atoms with van der Waals surface area (Å²) >= 11 is 0. The molecule has 0 fully saturated rings. The van der Waals surface area contributed by atoms with Crippen molar-refractivity contribution in [1.29, 1.82) is 0 Å². The molecule has 0 spiro atoms. The fourth-order valence-corrected chi connectivity index (χ4v) is 1.27. The zero-order chi connectivity index (χ0) is 9.73. The summed E-state index contributed by atoms with van der Waals surface area (Å²) in [6.45, 7) is 0.169. The fourth-order valence-electron chi connectivity index (χ4n) is 1.27. The summed E-state index contributed by atoms with van der Waals surface area (Å²) in [5, 5.41) is 21.7. The average Bonchev–Trinajstić information content (AvgIpc) is 2.04. The van der Waals surface area contributed by atoms with Gasteiger partial charge in [-0.2, -0.15) is 0 Å². The molecule has 0 aromatic heterocycles. The van der Waals surface area contributed by atoms with Gasteiger partial charge >= 0.3 is 0 Å². The van der Waals surface area contributed by atoms with Crippen molar-refractivity contribution in [2.45, 2.75) is 12.2 Å². The van der Waals surface area contributed by atoms with Gasteiger partial charge in [0, 0.05) is 13.0 Å². The number of aliphatic hydroxyl groups is 2. The van der Waals surface area contributed by atoms with Gasteiger partial charge in [0.05, 0.1) is 0 Å². The Labute approximate surface area is 78.0 Å². The van der Waals surface area contributed by atoms with Gasteiger partial charge in [-0.1, -0.05) is 30.3 Å². The standard InChI is InChI=1S/C10H15NO2/c1-11-8-10(12,13)7-9-5-3-2-4-6-9/h2-6,11-13H,7-8H2,1H3. The van der Waals surface area contributed by atoms with E-state index in [1.54, 1.807) is 7.05 Å². The van der Waals surface area contributed by atoms with Crippen LogP contribution in [-0.2, 0) is 6.42 Å². The van der Waals surface area contributed by atoms with Crippen molar-refractivity contribution in [3.63, 3.8) is 0 Å². The molecule has 0 aliphatic heterocycles. The summed E-state index contributed by atoms with van der Waals surface area (Å²) in [6.07, 6.45) is 0.245. The van der Waals surface area contributed by atoms with Gasteiger partial charge in [0.2, 0.25) is 0 Å². The minimum Gasteiger partial charge on any atom is -0.364 e. The minimum atomic E-state index is -1.66. The van der Waals surface area contributed by atoms with Crippen LogP contribution in [0.2, 0.25) is 0 Å². The van der Waals surface area contributed by atoms with Gasteiger partial charge in [0.1, 0.15) is 0 Å². The van der Waals surface area contributed by atoms with E-state index in [0.29, 0.717) is 0 Å². The van der Waals surface area contributed by atoms with Crippen molar-refractivity contribution in [1.82, 2.24) is 5.32 Å². The van der Waals surface area contributed by atoms with Gasteiger partial charge in [0.25, 0.3) is 0 Å². The summed E-state index contributed by atoms with van der Waals surface area (Å²) in [4.78, 5) is 0. The Morgan fingerprint density at radius 1 is 1.23 bits per heavy atom. The van der Waals surface area contributed by atoms with Crippen LogP contribution in [-0.4, -0.2) is 29.6 Å². The lowest BCUT2D eigenvalue weighted by atomic mass is 10.1. The third kappa shape index (κ3) is 3.55. The zero-order valence-corrected chi connectivity index (χ0v) is 7.70. The van der Waals surface area contributed by atoms with E-state index >= 15 is 0 Å². The molecule has 0 atom stereocenters. The number of benzene rings is 1. The molecule has 72 valence electrons. The minimum absolute atomic E-state index is 0.169. The van der Waals surface area contributed by atoms with E-state index in [9.17, 15) is 10.2 Å². The zero-order valence-electron chi connectivity index (χ0n) is 7.70. The van der Waals surface area contributed by atoms with Gasteiger partial charge in [-0.25, -0.2) is 0 Å². The number of hydrogen-bond donors (Lipinski definition) is 3. The summed E-state index contributed by atoms with van der Waals surface area (Å²) < 4.78 is 0. The quantitative estimate of drug-likeness (QED) is 0.579. The largest absolute Gasteiger partial charge is 0.364 e. The molecule has 0 saturated heterocycles. The molecule has 3 nitrogen and oxygen atoms in total. The van der Waals surface area contributed by atoms with Crippen molar-refractivity contribution in [3.8, 4) is 0 Å². The maximum Gasteiger partial charge on any atom is 0.179 e. The van der Waals surface area contributed by atoms with Crippen LogP contribution in [0, 0.1) is 0 Å². The molecule has 0 heterocycles. The normalized spacial score (nSPS) is 11.6. The molecule has 0 unspecified atom stereocenters. The van der Waals surface area contributed by atoms with Crippen LogP contribution in [0.3, 0.4) is 0 Å². The molecule has 0 aliphatic rings. The van der Waals surface area contributed by atoms with E-state index < -0.39 is 5.79 Å². The molecular formula is C10H15NO2. The van der Waals surface area contributed by atoms with Crippen LogP contribution < -0.4 is 5.32 Å². The molecule has 0 aliphatic carbocycles. The highest BCUT2D eigenvalue weighted by Crippen LogP contribution is 2.09. The molecule has 0 amide bonds. The third-order valence-electron chi connectivity index (χ3n) is 1.79. The summed E-state index contributed by atoms with van der Waals surface area (Å²) in [5.74, 6) is -1.66. The fraction of sp³-hybridized carbons (Fsp3) is 0.400. The Morgan fingerprint density at radius 3 is 2.38 bits per heavy atom. The molecule has 1 aromatic rings. The topological polar surface area (TPSA) is 52.5 Å². The van der Waals surface area contributed by atoms with Crippen molar-refractivity contribution < 1.29 is 10.2 Å². The highest BCUT2D eigenvalue weighted by atomic mass is 16.5. The predicted octanol–water partition coefficient (Wildman–Crippen LogP) is 0.129. The molecule has 1 aromatic carbocycles. The number of rotatable bonds is 4. The van der Waals surface area contributed by atoms with Crippen molar-refractivity contribution in [2.24, 2.45) is 0 Å². The second-order valence-corrected chi connectivity index (χ2v) is 3.18. The van der Waals surface area contributed by atoms with Crippen LogP contribution in [0.1, 0.15) is 5.56 Å². The maximum absolute atomic E-state index is 9.46. The number of nitrogens with one attached hydrogen (secondary N) is 1. The van der Waals surface area contributed by atoms with Crippen molar-refractivity contribution in [3.05, 3.63) is 35.9 Å². The summed E-state index contributed by atoms with van der Waals surface area (Å²) in [5.41, 5.74) is 0.919. The molecule has 3 N–H and O–H groups in total. The third-order valence-corrected chi connectivity index (χ3v) is 1.79. The van der Waals surface area contributed by atoms with Crippen LogP contribution >= 0.6 is 0 Å². The molecule has 0 saturated carbocycles. The first-order valence-electron chi connectivity index (χ1n) is 4.27. The Balaban J connectivity index is 2.58. The number of hydrogen-bond acceptors (Lipinski definition) is 3. The van der Waals surface area contributed by atoms with Crippen LogP contribution in [0.4, 0.5) is 0 Å². The Bertz CT molecular complexity index is 246. The monoisotopic (exact) mass is 181 g/mol. The van der Waals surface area contributed by atoms with Gasteiger partial charge in [-0.05, 0) is 12.6 Å². The Kier molecular flexibility index (Phi) is 3.42. The van der Waals surface area contributed by atoms with Gasteiger partial charge < -0.3 is 15.5 Å². The SMILES string of the molecule is CNCC(O)(O)Cc1ccccc1. The van der Waals surface area contributed by atoms with E-state index in [4.69, 9.17) is 0 Å². The number of likely N-dealkylation sites (N-methyl/N-ethyl adjacent to an activating group) is 1. The van der Waals surface area contributed by atoms with E-state index in [0.717, 1.165) is 5.56 Å². The first-order valence-corrected chi connectivity index (χ1v) is 4.27. The van der Waals surface area contributed by atoms with Gasteiger partial charge in [-0.3, -0.25) is 0 Å². The molecule has 13 heavy (non-hydrogen) atoms.